The number of likely N-dealkylation sites (tertiary alicyclic amines) is 1. The fraction of sp³-hybridized carbons (Fsp3) is 0.500. The molecule has 1 fully saturated rings. The van der Waals surface area contributed by atoms with E-state index in [1.807, 2.05) is 0 Å². The van der Waals surface area contributed by atoms with Crippen LogP contribution in [0.15, 0.2) is 21.8 Å². The molecule has 4 nitrogen and oxygen atoms in total. The van der Waals surface area contributed by atoms with Crippen LogP contribution in [-0.2, 0) is 4.79 Å². The molecule has 4 heteroatoms. The van der Waals surface area contributed by atoms with E-state index in [0.29, 0.717) is 5.70 Å². The lowest BCUT2D eigenvalue weighted by molar-refractivity contribution is -0.126. The molecule has 0 bridgehead atoms. The van der Waals surface area contributed by atoms with Gasteiger partial charge in [0, 0.05) is 26.4 Å². The van der Waals surface area contributed by atoms with Crippen LogP contribution >= 0.6 is 0 Å². The zero-order valence-corrected chi connectivity index (χ0v) is 8.44. The van der Waals surface area contributed by atoms with Gasteiger partial charge in [-0.3, -0.25) is 14.8 Å². The SMILES string of the molecule is C=N/C(=C\C=N/C)C(=O)N1CCCC1. The van der Waals surface area contributed by atoms with Gasteiger partial charge in [-0.15, -0.1) is 0 Å². The Bertz CT molecular complexity index is 275. The first-order chi connectivity index (χ1) is 6.79. The van der Waals surface area contributed by atoms with Crippen LogP contribution in [0.4, 0.5) is 0 Å². The first-order valence-electron chi connectivity index (χ1n) is 4.68. The van der Waals surface area contributed by atoms with E-state index in [1.165, 1.54) is 0 Å². The minimum Gasteiger partial charge on any atom is -0.337 e. The monoisotopic (exact) mass is 193 g/mol. The first-order valence-corrected chi connectivity index (χ1v) is 4.68. The van der Waals surface area contributed by atoms with Gasteiger partial charge in [-0.2, -0.15) is 0 Å². The molecular formula is C10H15N3O. The Balaban J connectivity index is 2.68. The Hall–Kier alpha value is -1.45. The second kappa shape index (κ2) is 5.32. The third-order valence-corrected chi connectivity index (χ3v) is 2.16. The average molecular weight is 193 g/mol. The van der Waals surface area contributed by atoms with Crippen molar-refractivity contribution in [2.75, 3.05) is 20.1 Å². The van der Waals surface area contributed by atoms with Gasteiger partial charge in [0.15, 0.2) is 0 Å². The van der Waals surface area contributed by atoms with E-state index < -0.39 is 0 Å². The summed E-state index contributed by atoms with van der Waals surface area (Å²) in [5.41, 5.74) is 0.373. The fourth-order valence-corrected chi connectivity index (χ4v) is 1.42. The van der Waals surface area contributed by atoms with Crippen molar-refractivity contribution in [2.24, 2.45) is 9.98 Å². The zero-order valence-electron chi connectivity index (χ0n) is 8.44. The second-order valence-electron chi connectivity index (χ2n) is 3.12. The number of aliphatic imine (C=N–C) groups is 2. The topological polar surface area (TPSA) is 45.0 Å². The van der Waals surface area contributed by atoms with Crippen LogP contribution in [0.2, 0.25) is 0 Å². The van der Waals surface area contributed by atoms with Crippen LogP contribution in [0.3, 0.4) is 0 Å². The molecule has 0 radical (unpaired) electrons. The highest BCUT2D eigenvalue weighted by atomic mass is 16.2. The lowest BCUT2D eigenvalue weighted by Crippen LogP contribution is -2.28. The van der Waals surface area contributed by atoms with Crippen LogP contribution in [0.1, 0.15) is 12.8 Å². The number of hydrogen-bond acceptors (Lipinski definition) is 3. The zero-order chi connectivity index (χ0) is 10.4. The number of allylic oxidation sites excluding steroid dienone is 1. The first kappa shape index (κ1) is 10.6. The molecule has 1 amide bonds. The normalized spacial score (nSPS) is 17.8. The summed E-state index contributed by atoms with van der Waals surface area (Å²) >= 11 is 0. The predicted molar refractivity (Wildman–Crippen MR) is 57.9 cm³/mol. The Kier molecular flexibility index (Phi) is 4.04. The number of carbonyl (C=O) groups excluding carboxylic acids is 1. The number of rotatable bonds is 3. The summed E-state index contributed by atoms with van der Waals surface area (Å²) in [7, 11) is 1.65. The maximum atomic E-state index is 11.7. The van der Waals surface area contributed by atoms with E-state index >= 15 is 0 Å². The van der Waals surface area contributed by atoms with E-state index in [0.717, 1.165) is 25.9 Å². The number of carbonyl (C=O) groups is 1. The van der Waals surface area contributed by atoms with Crippen molar-refractivity contribution < 1.29 is 4.79 Å². The Labute approximate surface area is 84.0 Å². The molecule has 0 N–H and O–H groups in total. The van der Waals surface area contributed by atoms with Crippen LogP contribution in [0.5, 0.6) is 0 Å². The molecule has 1 saturated heterocycles. The van der Waals surface area contributed by atoms with E-state index in [4.69, 9.17) is 0 Å². The number of nitrogens with zero attached hydrogens (tertiary/aromatic N) is 3. The highest BCUT2D eigenvalue weighted by Crippen LogP contribution is 2.11. The summed E-state index contributed by atoms with van der Waals surface area (Å²) in [6, 6.07) is 0. The number of hydrogen-bond donors (Lipinski definition) is 0. The molecule has 0 spiro atoms. The molecular weight excluding hydrogens is 178 g/mol. The van der Waals surface area contributed by atoms with Gasteiger partial charge in [0.2, 0.25) is 0 Å². The average Bonchev–Trinajstić information content (AvgIpc) is 2.71. The van der Waals surface area contributed by atoms with E-state index in [-0.39, 0.29) is 5.91 Å². The summed E-state index contributed by atoms with van der Waals surface area (Å²) in [6.07, 6.45) is 5.31. The van der Waals surface area contributed by atoms with Gasteiger partial charge in [-0.25, -0.2) is 0 Å². The molecule has 1 rings (SSSR count). The summed E-state index contributed by atoms with van der Waals surface area (Å²) in [4.78, 5) is 21.0. The number of amides is 1. The van der Waals surface area contributed by atoms with Crippen LogP contribution in [-0.4, -0.2) is 43.9 Å². The summed E-state index contributed by atoms with van der Waals surface area (Å²) in [5.74, 6) is -0.0441. The maximum absolute atomic E-state index is 11.7. The molecule has 0 aromatic heterocycles. The summed E-state index contributed by atoms with van der Waals surface area (Å²) in [5, 5.41) is 0. The van der Waals surface area contributed by atoms with E-state index in [9.17, 15) is 4.79 Å². The lowest BCUT2D eigenvalue weighted by atomic mass is 10.3. The highest BCUT2D eigenvalue weighted by molar-refractivity contribution is 5.97. The Morgan fingerprint density at radius 1 is 1.43 bits per heavy atom. The highest BCUT2D eigenvalue weighted by Gasteiger charge is 2.20. The molecule has 1 aliphatic rings. The molecule has 0 unspecified atom stereocenters. The van der Waals surface area contributed by atoms with Crippen molar-refractivity contribution in [3.05, 3.63) is 11.8 Å². The fourth-order valence-electron chi connectivity index (χ4n) is 1.42. The maximum Gasteiger partial charge on any atom is 0.272 e. The molecule has 14 heavy (non-hydrogen) atoms. The summed E-state index contributed by atoms with van der Waals surface area (Å²) < 4.78 is 0. The van der Waals surface area contributed by atoms with E-state index in [1.54, 1.807) is 24.2 Å². The second-order valence-corrected chi connectivity index (χ2v) is 3.12. The van der Waals surface area contributed by atoms with Crippen molar-refractivity contribution in [2.45, 2.75) is 12.8 Å². The van der Waals surface area contributed by atoms with Gasteiger partial charge in [0.05, 0.1) is 0 Å². The molecule has 1 aliphatic heterocycles. The van der Waals surface area contributed by atoms with Crippen LogP contribution in [0.25, 0.3) is 0 Å². The lowest BCUT2D eigenvalue weighted by Gasteiger charge is -2.14. The predicted octanol–water partition coefficient (Wildman–Crippen LogP) is 0.894. The van der Waals surface area contributed by atoms with Crippen molar-refractivity contribution >= 4 is 18.8 Å². The van der Waals surface area contributed by atoms with Crippen molar-refractivity contribution in [3.8, 4) is 0 Å². The summed E-state index contributed by atoms with van der Waals surface area (Å²) in [6.45, 7) is 5.04. The quantitative estimate of drug-likeness (QED) is 0.485. The van der Waals surface area contributed by atoms with Gasteiger partial charge in [0.1, 0.15) is 5.70 Å². The van der Waals surface area contributed by atoms with Gasteiger partial charge in [0.25, 0.3) is 5.91 Å². The van der Waals surface area contributed by atoms with Crippen molar-refractivity contribution in [3.63, 3.8) is 0 Å². The van der Waals surface area contributed by atoms with Gasteiger partial charge in [-0.05, 0) is 25.6 Å². The third-order valence-electron chi connectivity index (χ3n) is 2.16. The third kappa shape index (κ3) is 2.52. The molecule has 76 valence electrons. The Morgan fingerprint density at radius 3 is 2.57 bits per heavy atom. The van der Waals surface area contributed by atoms with Gasteiger partial charge in [-0.1, -0.05) is 0 Å². The van der Waals surface area contributed by atoms with E-state index in [2.05, 4.69) is 16.7 Å². The van der Waals surface area contributed by atoms with Crippen LogP contribution < -0.4 is 0 Å². The minimum absolute atomic E-state index is 0.0441. The standard InChI is InChI=1S/C10H15N3O/c1-11-6-5-9(12-2)10(14)13-7-3-4-8-13/h5-6H,2-4,7-8H2,1H3/b9-5-,11-6-. The molecule has 0 atom stereocenters. The molecule has 0 aromatic rings. The van der Waals surface area contributed by atoms with Gasteiger partial charge >= 0.3 is 0 Å². The minimum atomic E-state index is -0.0441. The molecule has 0 aliphatic carbocycles. The Morgan fingerprint density at radius 2 is 2.07 bits per heavy atom. The molecule has 0 saturated carbocycles. The largest absolute Gasteiger partial charge is 0.337 e. The van der Waals surface area contributed by atoms with Crippen LogP contribution in [0, 0.1) is 0 Å². The van der Waals surface area contributed by atoms with Crippen molar-refractivity contribution in [1.82, 2.24) is 4.90 Å². The smallest absolute Gasteiger partial charge is 0.272 e. The van der Waals surface area contributed by atoms with Gasteiger partial charge < -0.3 is 4.90 Å². The molecule has 0 aromatic carbocycles. The molecule has 1 heterocycles. The van der Waals surface area contributed by atoms with Crippen molar-refractivity contribution in [1.29, 1.82) is 0 Å².